The van der Waals surface area contributed by atoms with Crippen molar-refractivity contribution in [2.45, 2.75) is 40.5 Å². The molecule has 1 unspecified atom stereocenters. The normalized spacial score (nSPS) is 13.6. The molecule has 108 valence electrons. The highest BCUT2D eigenvalue weighted by Gasteiger charge is 2.25. The summed E-state index contributed by atoms with van der Waals surface area (Å²) in [4.78, 5) is 0. The minimum Gasteiger partial charge on any atom is -0.316 e. The molecule has 0 spiro atoms. The van der Waals surface area contributed by atoms with Gasteiger partial charge in [0.25, 0.3) is 0 Å². The van der Waals surface area contributed by atoms with Gasteiger partial charge in [0.05, 0.1) is 0 Å². The number of nitrogens with one attached hydrogen (secondary N) is 1. The van der Waals surface area contributed by atoms with Gasteiger partial charge in [-0.1, -0.05) is 57.0 Å². The van der Waals surface area contributed by atoms with Crippen molar-refractivity contribution in [3.8, 4) is 0 Å². The molecule has 1 rings (SSSR count). The van der Waals surface area contributed by atoms with Crippen molar-refractivity contribution in [1.29, 1.82) is 0 Å². The minimum absolute atomic E-state index is 0.225. The molecule has 0 bridgehead atoms. The second kappa shape index (κ2) is 7.52. The van der Waals surface area contributed by atoms with Crippen LogP contribution in [0.25, 0.3) is 0 Å². The Bertz CT molecular complexity index is 376. The summed E-state index contributed by atoms with van der Waals surface area (Å²) in [5.74, 6) is 0.511. The summed E-state index contributed by atoms with van der Waals surface area (Å²) in [6.07, 6.45) is 2.07. The molecule has 1 N–H and O–H groups in total. The van der Waals surface area contributed by atoms with E-state index in [1.165, 1.54) is 0 Å². The lowest BCUT2D eigenvalue weighted by Crippen LogP contribution is -2.33. The smallest absolute Gasteiger partial charge is 0.0452 e. The van der Waals surface area contributed by atoms with E-state index in [0.29, 0.717) is 5.92 Å². The average molecular weight is 302 g/mol. The summed E-state index contributed by atoms with van der Waals surface area (Å²) in [5.41, 5.74) is 1.30. The predicted molar refractivity (Wildman–Crippen MR) is 86.3 cm³/mol. The van der Waals surface area contributed by atoms with Crippen LogP contribution < -0.4 is 5.32 Å². The Kier molecular flexibility index (Phi) is 6.65. The van der Waals surface area contributed by atoms with Gasteiger partial charge in [-0.2, -0.15) is 0 Å². The molecule has 1 aromatic carbocycles. The van der Waals surface area contributed by atoms with Gasteiger partial charge in [-0.05, 0) is 55.0 Å². The second-order valence-electron chi connectivity index (χ2n) is 6.17. The lowest BCUT2D eigenvalue weighted by Gasteiger charge is -2.31. The van der Waals surface area contributed by atoms with E-state index in [2.05, 4.69) is 33.0 Å². The van der Waals surface area contributed by atoms with Gasteiger partial charge in [-0.3, -0.25) is 0 Å². The minimum atomic E-state index is 0.225. The molecule has 0 aliphatic carbocycles. The maximum atomic E-state index is 6.28. The van der Waals surface area contributed by atoms with Crippen LogP contribution in [-0.4, -0.2) is 13.1 Å². The van der Waals surface area contributed by atoms with E-state index < -0.39 is 0 Å². The molecular formula is C16H25Cl2N. The van der Waals surface area contributed by atoms with E-state index in [9.17, 15) is 0 Å². The first-order valence-corrected chi connectivity index (χ1v) is 7.75. The third kappa shape index (κ3) is 5.33. The first-order valence-electron chi connectivity index (χ1n) is 6.99. The zero-order valence-electron chi connectivity index (χ0n) is 12.4. The van der Waals surface area contributed by atoms with Gasteiger partial charge in [-0.15, -0.1) is 0 Å². The first-order chi connectivity index (χ1) is 8.86. The van der Waals surface area contributed by atoms with Gasteiger partial charge in [0.2, 0.25) is 0 Å². The molecule has 0 saturated carbocycles. The van der Waals surface area contributed by atoms with Crippen LogP contribution in [-0.2, 0) is 6.42 Å². The maximum Gasteiger partial charge on any atom is 0.0452 e. The first kappa shape index (κ1) is 16.8. The number of hydrogen-bond acceptors (Lipinski definition) is 1. The lowest BCUT2D eigenvalue weighted by molar-refractivity contribution is 0.231. The Morgan fingerprint density at radius 1 is 1.16 bits per heavy atom. The maximum absolute atomic E-state index is 6.28. The van der Waals surface area contributed by atoms with Gasteiger partial charge in [0.15, 0.2) is 0 Å². The fourth-order valence-electron chi connectivity index (χ4n) is 2.11. The van der Waals surface area contributed by atoms with Crippen molar-refractivity contribution in [2.75, 3.05) is 13.1 Å². The Hall–Kier alpha value is -0.240. The average Bonchev–Trinajstić information content (AvgIpc) is 2.30. The molecule has 3 heteroatoms. The summed E-state index contributed by atoms with van der Waals surface area (Å²) in [6.45, 7) is 11.1. The standard InChI is InChI=1S/C16H25Cl2N/c1-5-9-19-11-12(16(2,3)4)10-13-14(17)7-6-8-15(13)18/h6-8,12,19H,5,9-11H2,1-4H3. The Morgan fingerprint density at radius 3 is 2.21 bits per heavy atom. The highest BCUT2D eigenvalue weighted by molar-refractivity contribution is 6.35. The van der Waals surface area contributed by atoms with Crippen molar-refractivity contribution in [3.05, 3.63) is 33.8 Å². The van der Waals surface area contributed by atoms with Crippen molar-refractivity contribution < 1.29 is 0 Å². The SMILES string of the molecule is CCCNCC(Cc1c(Cl)cccc1Cl)C(C)(C)C. The predicted octanol–water partition coefficient (Wildman–Crippen LogP) is 5.20. The number of halogens is 2. The summed E-state index contributed by atoms with van der Waals surface area (Å²) >= 11 is 12.6. The van der Waals surface area contributed by atoms with E-state index in [4.69, 9.17) is 23.2 Å². The molecule has 0 heterocycles. The van der Waals surface area contributed by atoms with Crippen molar-refractivity contribution in [1.82, 2.24) is 5.32 Å². The molecule has 0 fully saturated rings. The van der Waals surface area contributed by atoms with Crippen LogP contribution in [0.2, 0.25) is 10.0 Å². The van der Waals surface area contributed by atoms with Crippen LogP contribution in [0, 0.1) is 11.3 Å². The Labute approximate surface area is 127 Å². The topological polar surface area (TPSA) is 12.0 Å². The molecule has 0 aliphatic rings. The highest BCUT2D eigenvalue weighted by atomic mass is 35.5. The molecule has 1 aromatic rings. The third-order valence-electron chi connectivity index (χ3n) is 3.55. The van der Waals surface area contributed by atoms with Crippen LogP contribution in [0.1, 0.15) is 39.7 Å². The molecule has 0 aromatic heterocycles. The Balaban J connectivity index is 2.82. The summed E-state index contributed by atoms with van der Waals surface area (Å²) in [5, 5.41) is 5.07. The van der Waals surface area contributed by atoms with Crippen molar-refractivity contribution >= 4 is 23.2 Å². The van der Waals surface area contributed by atoms with E-state index in [-0.39, 0.29) is 5.41 Å². The third-order valence-corrected chi connectivity index (χ3v) is 4.26. The van der Waals surface area contributed by atoms with Crippen LogP contribution in [0.15, 0.2) is 18.2 Å². The van der Waals surface area contributed by atoms with Crippen molar-refractivity contribution in [3.63, 3.8) is 0 Å². The summed E-state index contributed by atoms with van der Waals surface area (Å²) in [7, 11) is 0. The summed E-state index contributed by atoms with van der Waals surface area (Å²) in [6, 6.07) is 5.74. The number of rotatable bonds is 6. The molecule has 0 amide bonds. The van der Waals surface area contributed by atoms with Gasteiger partial charge >= 0.3 is 0 Å². The largest absolute Gasteiger partial charge is 0.316 e. The molecule has 1 atom stereocenters. The molecule has 1 nitrogen and oxygen atoms in total. The fraction of sp³-hybridized carbons (Fsp3) is 0.625. The number of benzene rings is 1. The zero-order valence-corrected chi connectivity index (χ0v) is 13.9. The molecule has 0 aliphatic heterocycles. The molecule has 0 radical (unpaired) electrons. The fourth-order valence-corrected chi connectivity index (χ4v) is 2.66. The van der Waals surface area contributed by atoms with E-state index in [0.717, 1.165) is 41.5 Å². The van der Waals surface area contributed by atoms with Crippen molar-refractivity contribution in [2.24, 2.45) is 11.3 Å². The van der Waals surface area contributed by atoms with Gasteiger partial charge in [0.1, 0.15) is 0 Å². The molecule has 19 heavy (non-hydrogen) atoms. The van der Waals surface area contributed by atoms with Crippen LogP contribution in [0.4, 0.5) is 0 Å². The summed E-state index contributed by atoms with van der Waals surface area (Å²) < 4.78 is 0. The quantitative estimate of drug-likeness (QED) is 0.712. The van der Waals surface area contributed by atoms with E-state index >= 15 is 0 Å². The zero-order chi connectivity index (χ0) is 14.5. The van der Waals surface area contributed by atoms with Gasteiger partial charge in [0, 0.05) is 10.0 Å². The molecular weight excluding hydrogens is 277 g/mol. The Morgan fingerprint density at radius 2 is 1.74 bits per heavy atom. The van der Waals surface area contributed by atoms with Crippen LogP contribution in [0.5, 0.6) is 0 Å². The number of hydrogen-bond donors (Lipinski definition) is 1. The highest BCUT2D eigenvalue weighted by Crippen LogP contribution is 2.33. The van der Waals surface area contributed by atoms with Crippen LogP contribution in [0.3, 0.4) is 0 Å². The van der Waals surface area contributed by atoms with E-state index in [1.807, 2.05) is 18.2 Å². The lowest BCUT2D eigenvalue weighted by atomic mass is 9.77. The molecule has 0 saturated heterocycles. The monoisotopic (exact) mass is 301 g/mol. The van der Waals surface area contributed by atoms with Gasteiger partial charge in [-0.25, -0.2) is 0 Å². The van der Waals surface area contributed by atoms with E-state index in [1.54, 1.807) is 0 Å². The van der Waals surface area contributed by atoms with Gasteiger partial charge < -0.3 is 5.32 Å². The second-order valence-corrected chi connectivity index (χ2v) is 6.99. The van der Waals surface area contributed by atoms with Crippen LogP contribution >= 0.6 is 23.2 Å².